The summed E-state index contributed by atoms with van der Waals surface area (Å²) in [4.78, 5) is 12.1. The molecular weight excluding hydrogens is 240 g/mol. The van der Waals surface area contributed by atoms with Gasteiger partial charge in [-0.3, -0.25) is 4.79 Å². The summed E-state index contributed by atoms with van der Waals surface area (Å²) in [5.41, 5.74) is 7.21. The zero-order valence-electron chi connectivity index (χ0n) is 11.7. The van der Waals surface area contributed by atoms with Crippen LogP contribution in [0.2, 0.25) is 0 Å². The van der Waals surface area contributed by atoms with Crippen LogP contribution in [0.25, 0.3) is 0 Å². The van der Waals surface area contributed by atoms with Gasteiger partial charge in [0.15, 0.2) is 0 Å². The van der Waals surface area contributed by atoms with Gasteiger partial charge in [0.25, 0.3) is 5.91 Å². The minimum atomic E-state index is -0.0759. The van der Waals surface area contributed by atoms with Crippen molar-refractivity contribution in [3.8, 4) is 5.75 Å². The Morgan fingerprint density at radius 1 is 1.42 bits per heavy atom. The Bertz CT molecular complexity index is 467. The molecule has 0 unspecified atom stereocenters. The van der Waals surface area contributed by atoms with Crippen molar-refractivity contribution in [3.05, 3.63) is 23.8 Å². The standard InChI is InChI=1S/C15H22N2O2/c1-3-4-15(5-6-15)10-17-14(18)11-7-12(16)9-13(8-11)19-2/h7-9H,3-6,10,16H2,1-2H3,(H,17,18). The fourth-order valence-corrected chi connectivity index (χ4v) is 2.46. The molecule has 4 heteroatoms. The molecule has 0 heterocycles. The van der Waals surface area contributed by atoms with Crippen LogP contribution in [0.15, 0.2) is 18.2 Å². The second-order valence-electron chi connectivity index (χ2n) is 5.43. The number of nitrogens with one attached hydrogen (secondary N) is 1. The Kier molecular flexibility index (Phi) is 3.98. The first-order valence-corrected chi connectivity index (χ1v) is 6.81. The minimum Gasteiger partial charge on any atom is -0.497 e. The van der Waals surface area contributed by atoms with Crippen LogP contribution in [0.1, 0.15) is 43.0 Å². The molecule has 1 amide bonds. The predicted octanol–water partition coefficient (Wildman–Crippen LogP) is 2.59. The summed E-state index contributed by atoms with van der Waals surface area (Å²) < 4.78 is 5.12. The van der Waals surface area contributed by atoms with Crippen molar-refractivity contribution in [2.24, 2.45) is 5.41 Å². The van der Waals surface area contributed by atoms with E-state index in [4.69, 9.17) is 10.5 Å². The molecule has 0 saturated heterocycles. The molecule has 1 saturated carbocycles. The van der Waals surface area contributed by atoms with Crippen molar-refractivity contribution in [2.45, 2.75) is 32.6 Å². The molecule has 1 aromatic carbocycles. The molecular formula is C15H22N2O2. The van der Waals surface area contributed by atoms with Gasteiger partial charge in [-0.05, 0) is 36.8 Å². The van der Waals surface area contributed by atoms with Gasteiger partial charge in [-0.25, -0.2) is 0 Å². The van der Waals surface area contributed by atoms with E-state index in [-0.39, 0.29) is 5.91 Å². The lowest BCUT2D eigenvalue weighted by atomic mass is 10.0. The van der Waals surface area contributed by atoms with Crippen LogP contribution in [0.4, 0.5) is 5.69 Å². The van der Waals surface area contributed by atoms with Gasteiger partial charge >= 0.3 is 0 Å². The van der Waals surface area contributed by atoms with Gasteiger partial charge < -0.3 is 15.8 Å². The van der Waals surface area contributed by atoms with Crippen LogP contribution in [-0.2, 0) is 0 Å². The Labute approximate surface area is 114 Å². The quantitative estimate of drug-likeness (QED) is 0.774. The number of amides is 1. The van der Waals surface area contributed by atoms with Gasteiger partial charge in [0.05, 0.1) is 7.11 Å². The second kappa shape index (κ2) is 5.51. The van der Waals surface area contributed by atoms with E-state index in [9.17, 15) is 4.79 Å². The number of nitrogens with two attached hydrogens (primary N) is 1. The molecule has 0 bridgehead atoms. The molecule has 0 spiro atoms. The number of anilines is 1. The fraction of sp³-hybridized carbons (Fsp3) is 0.533. The number of carbonyl (C=O) groups excluding carboxylic acids is 1. The Morgan fingerprint density at radius 3 is 2.74 bits per heavy atom. The largest absolute Gasteiger partial charge is 0.497 e. The predicted molar refractivity (Wildman–Crippen MR) is 76.3 cm³/mol. The van der Waals surface area contributed by atoms with Crippen molar-refractivity contribution in [1.82, 2.24) is 5.32 Å². The Balaban J connectivity index is 1.98. The topological polar surface area (TPSA) is 64.4 Å². The fourth-order valence-electron chi connectivity index (χ4n) is 2.46. The molecule has 2 rings (SSSR count). The smallest absolute Gasteiger partial charge is 0.251 e. The Hall–Kier alpha value is -1.71. The van der Waals surface area contributed by atoms with Crippen molar-refractivity contribution in [3.63, 3.8) is 0 Å². The highest BCUT2D eigenvalue weighted by Crippen LogP contribution is 2.48. The molecule has 104 valence electrons. The summed E-state index contributed by atoms with van der Waals surface area (Å²) in [6.45, 7) is 2.95. The lowest BCUT2D eigenvalue weighted by Crippen LogP contribution is -2.30. The van der Waals surface area contributed by atoms with Crippen LogP contribution in [0.3, 0.4) is 0 Å². The van der Waals surface area contributed by atoms with Crippen molar-refractivity contribution < 1.29 is 9.53 Å². The van der Waals surface area contributed by atoms with Crippen LogP contribution in [0.5, 0.6) is 5.75 Å². The molecule has 1 aliphatic rings. The molecule has 0 radical (unpaired) electrons. The maximum absolute atomic E-state index is 12.1. The highest BCUT2D eigenvalue weighted by atomic mass is 16.5. The zero-order chi connectivity index (χ0) is 13.9. The molecule has 0 aromatic heterocycles. The summed E-state index contributed by atoms with van der Waals surface area (Å²) in [6, 6.07) is 5.10. The van der Waals surface area contributed by atoms with E-state index in [1.54, 1.807) is 25.3 Å². The third kappa shape index (κ3) is 3.40. The first kappa shape index (κ1) is 13.7. The highest BCUT2D eigenvalue weighted by molar-refractivity contribution is 5.95. The molecule has 1 aliphatic carbocycles. The lowest BCUT2D eigenvalue weighted by molar-refractivity contribution is 0.0943. The van der Waals surface area contributed by atoms with Crippen molar-refractivity contribution in [2.75, 3.05) is 19.4 Å². The highest BCUT2D eigenvalue weighted by Gasteiger charge is 2.41. The number of benzene rings is 1. The van der Waals surface area contributed by atoms with Gasteiger partial charge in [0, 0.05) is 23.9 Å². The average Bonchev–Trinajstić information content (AvgIpc) is 3.16. The van der Waals surface area contributed by atoms with E-state index in [0.29, 0.717) is 22.4 Å². The van der Waals surface area contributed by atoms with Crippen LogP contribution in [0, 0.1) is 5.41 Å². The molecule has 0 aliphatic heterocycles. The van der Waals surface area contributed by atoms with E-state index < -0.39 is 0 Å². The maximum Gasteiger partial charge on any atom is 0.251 e. The molecule has 3 N–H and O–H groups in total. The monoisotopic (exact) mass is 262 g/mol. The number of hydrogen-bond acceptors (Lipinski definition) is 3. The molecule has 0 atom stereocenters. The number of ether oxygens (including phenoxy) is 1. The van der Waals surface area contributed by atoms with Gasteiger partial charge in [-0.2, -0.15) is 0 Å². The number of hydrogen-bond donors (Lipinski definition) is 2. The van der Waals surface area contributed by atoms with Crippen molar-refractivity contribution in [1.29, 1.82) is 0 Å². The first-order valence-electron chi connectivity index (χ1n) is 6.81. The van der Waals surface area contributed by atoms with Crippen LogP contribution < -0.4 is 15.8 Å². The summed E-state index contributed by atoms with van der Waals surface area (Å²) in [5.74, 6) is 0.535. The van der Waals surface area contributed by atoms with Gasteiger partial charge in [0.1, 0.15) is 5.75 Å². The van der Waals surface area contributed by atoms with E-state index >= 15 is 0 Å². The van der Waals surface area contributed by atoms with Gasteiger partial charge in [-0.15, -0.1) is 0 Å². The van der Waals surface area contributed by atoms with Gasteiger partial charge in [0.2, 0.25) is 0 Å². The van der Waals surface area contributed by atoms with E-state index in [0.717, 1.165) is 6.54 Å². The molecule has 19 heavy (non-hydrogen) atoms. The number of rotatable bonds is 6. The molecule has 4 nitrogen and oxygen atoms in total. The third-order valence-corrected chi connectivity index (χ3v) is 3.79. The summed E-state index contributed by atoms with van der Waals surface area (Å²) >= 11 is 0. The maximum atomic E-state index is 12.1. The van der Waals surface area contributed by atoms with Gasteiger partial charge in [-0.1, -0.05) is 13.3 Å². The number of carbonyl (C=O) groups is 1. The van der Waals surface area contributed by atoms with Crippen LogP contribution in [-0.4, -0.2) is 19.6 Å². The van der Waals surface area contributed by atoms with E-state index in [1.165, 1.54) is 25.7 Å². The number of nitrogen functional groups attached to an aromatic ring is 1. The van der Waals surface area contributed by atoms with E-state index in [1.807, 2.05) is 0 Å². The average molecular weight is 262 g/mol. The second-order valence-corrected chi connectivity index (χ2v) is 5.43. The molecule has 1 aromatic rings. The zero-order valence-corrected chi connectivity index (χ0v) is 11.7. The number of methoxy groups -OCH3 is 1. The summed E-state index contributed by atoms with van der Waals surface area (Å²) in [7, 11) is 1.57. The first-order chi connectivity index (χ1) is 9.08. The SMILES string of the molecule is CCCC1(CNC(=O)c2cc(N)cc(OC)c2)CC1. The molecule has 1 fully saturated rings. The normalized spacial score (nSPS) is 15.9. The van der Waals surface area contributed by atoms with Crippen LogP contribution >= 0.6 is 0 Å². The van der Waals surface area contributed by atoms with E-state index in [2.05, 4.69) is 12.2 Å². The van der Waals surface area contributed by atoms with Crippen molar-refractivity contribution >= 4 is 11.6 Å². The summed E-state index contributed by atoms with van der Waals surface area (Å²) in [6.07, 6.45) is 4.80. The third-order valence-electron chi connectivity index (χ3n) is 3.79. The minimum absolute atomic E-state index is 0.0759. The lowest BCUT2D eigenvalue weighted by Gasteiger charge is -2.15. The summed E-state index contributed by atoms with van der Waals surface area (Å²) in [5, 5.41) is 3.02. The Morgan fingerprint density at radius 2 is 2.16 bits per heavy atom.